The Morgan fingerprint density at radius 1 is 0.971 bits per heavy atom. The van der Waals surface area contributed by atoms with Crippen LogP contribution >= 0.6 is 0 Å². The van der Waals surface area contributed by atoms with E-state index in [1.165, 1.54) is 0 Å². The van der Waals surface area contributed by atoms with E-state index in [1.54, 1.807) is 20.8 Å². The molecule has 2 aromatic carbocycles. The number of carbonyl (C=O) groups excluding carboxylic acids is 2. The second-order valence-corrected chi connectivity index (χ2v) is 9.66. The fourth-order valence-electron chi connectivity index (χ4n) is 4.09. The number of hydrogen-bond donors (Lipinski definition) is 3. The summed E-state index contributed by atoms with van der Waals surface area (Å²) in [6.45, 7) is 7.27. The molecule has 3 N–H and O–H groups in total. The predicted octanol–water partition coefficient (Wildman–Crippen LogP) is 4.08. The third-order valence-corrected chi connectivity index (χ3v) is 5.91. The van der Waals surface area contributed by atoms with Crippen molar-refractivity contribution >= 4 is 18.0 Å². The van der Waals surface area contributed by atoms with E-state index in [4.69, 9.17) is 9.47 Å². The van der Waals surface area contributed by atoms with E-state index in [1.807, 2.05) is 43.3 Å². The Morgan fingerprint density at radius 2 is 1.54 bits per heavy atom. The minimum absolute atomic E-state index is 0.0596. The van der Waals surface area contributed by atoms with Crippen LogP contribution in [0.15, 0.2) is 48.5 Å². The largest absolute Gasteiger partial charge is 0.480 e. The average molecular weight is 483 g/mol. The molecule has 0 saturated carbocycles. The average Bonchev–Trinajstić information content (AvgIpc) is 3.13. The number of nitrogens with one attached hydrogen (secondary N) is 2. The molecule has 2 aromatic rings. The molecule has 0 saturated heterocycles. The number of ether oxygens (including phenoxy) is 2. The third-order valence-electron chi connectivity index (χ3n) is 5.91. The second kappa shape index (κ2) is 11.4. The molecule has 2 amide bonds. The van der Waals surface area contributed by atoms with Gasteiger partial charge in [0.05, 0.1) is 12.2 Å². The van der Waals surface area contributed by atoms with Crippen LogP contribution in [0, 0.1) is 0 Å². The molecule has 0 bridgehead atoms. The highest BCUT2D eigenvalue weighted by atomic mass is 16.5. The summed E-state index contributed by atoms with van der Waals surface area (Å²) >= 11 is 0. The first-order valence-electron chi connectivity index (χ1n) is 11.9. The quantitative estimate of drug-likeness (QED) is 0.470. The molecular formula is C27H34N2O6. The van der Waals surface area contributed by atoms with Gasteiger partial charge in [-0.15, -0.1) is 0 Å². The molecule has 1 aliphatic carbocycles. The van der Waals surface area contributed by atoms with Gasteiger partial charge in [-0.3, -0.25) is 4.79 Å². The van der Waals surface area contributed by atoms with Crippen molar-refractivity contribution in [3.63, 3.8) is 0 Å². The summed E-state index contributed by atoms with van der Waals surface area (Å²) in [7, 11) is 0. The zero-order chi connectivity index (χ0) is 25.6. The summed E-state index contributed by atoms with van der Waals surface area (Å²) in [5.41, 5.74) is 3.98. The van der Waals surface area contributed by atoms with Gasteiger partial charge in [0.25, 0.3) is 0 Å². The Morgan fingerprint density at radius 3 is 2.06 bits per heavy atom. The van der Waals surface area contributed by atoms with Gasteiger partial charge in [-0.25, -0.2) is 9.59 Å². The van der Waals surface area contributed by atoms with Gasteiger partial charge in [-0.1, -0.05) is 55.5 Å². The fourth-order valence-corrected chi connectivity index (χ4v) is 4.09. The normalized spacial score (nSPS) is 14.4. The molecule has 0 heterocycles. The second-order valence-electron chi connectivity index (χ2n) is 9.66. The first-order valence-corrected chi connectivity index (χ1v) is 11.9. The van der Waals surface area contributed by atoms with Crippen LogP contribution in [-0.2, 0) is 19.1 Å². The Balaban J connectivity index is 1.53. The number of hydrogen-bond acceptors (Lipinski definition) is 5. The first kappa shape index (κ1) is 26.2. The summed E-state index contributed by atoms with van der Waals surface area (Å²) in [5, 5.41) is 14.6. The molecule has 0 spiro atoms. The molecule has 0 aliphatic heterocycles. The molecular weight excluding hydrogens is 448 g/mol. The number of benzene rings is 2. The zero-order valence-corrected chi connectivity index (χ0v) is 20.7. The smallest absolute Gasteiger partial charge is 0.407 e. The van der Waals surface area contributed by atoms with Gasteiger partial charge >= 0.3 is 12.1 Å². The Labute approximate surface area is 206 Å². The zero-order valence-electron chi connectivity index (χ0n) is 20.7. The minimum Gasteiger partial charge on any atom is -0.480 e. The highest BCUT2D eigenvalue weighted by molar-refractivity contribution is 5.84. The van der Waals surface area contributed by atoms with Crippen LogP contribution in [0.2, 0.25) is 0 Å². The van der Waals surface area contributed by atoms with Crippen molar-refractivity contribution in [2.45, 2.75) is 64.1 Å². The Hall–Kier alpha value is -3.39. The van der Waals surface area contributed by atoms with E-state index in [0.29, 0.717) is 6.42 Å². The van der Waals surface area contributed by atoms with Crippen LogP contribution in [0.3, 0.4) is 0 Å². The highest BCUT2D eigenvalue weighted by Gasteiger charge is 2.29. The third kappa shape index (κ3) is 7.05. The fraction of sp³-hybridized carbons (Fsp3) is 0.444. The number of carbonyl (C=O) groups is 3. The highest BCUT2D eigenvalue weighted by Crippen LogP contribution is 2.44. The summed E-state index contributed by atoms with van der Waals surface area (Å²) < 4.78 is 11.0. The number of fused-ring (bicyclic) bond motifs is 3. The Bertz CT molecular complexity index is 1020. The van der Waals surface area contributed by atoms with Crippen LogP contribution in [-0.4, -0.2) is 54.0 Å². The lowest BCUT2D eigenvalue weighted by Crippen LogP contribution is -2.47. The van der Waals surface area contributed by atoms with Gasteiger partial charge in [0, 0.05) is 18.4 Å². The monoisotopic (exact) mass is 482 g/mol. The van der Waals surface area contributed by atoms with Gasteiger partial charge in [-0.2, -0.15) is 0 Å². The van der Waals surface area contributed by atoms with Gasteiger partial charge in [0.15, 0.2) is 6.04 Å². The SMILES string of the molecule is CCC(CC(=O)N[C@@H](COC(C)(C)C)C(=O)O)NC(=O)OCC1c2ccccc2-c2ccccc21. The van der Waals surface area contributed by atoms with Gasteiger partial charge in [0.1, 0.15) is 6.61 Å². The van der Waals surface area contributed by atoms with Crippen molar-refractivity contribution in [3.8, 4) is 11.1 Å². The van der Waals surface area contributed by atoms with E-state index in [-0.39, 0.29) is 25.6 Å². The number of alkyl carbamates (subject to hydrolysis) is 1. The van der Waals surface area contributed by atoms with Gasteiger partial charge in [0.2, 0.25) is 5.91 Å². The summed E-state index contributed by atoms with van der Waals surface area (Å²) in [5.74, 6) is -1.73. The molecule has 35 heavy (non-hydrogen) atoms. The van der Waals surface area contributed by atoms with Crippen LogP contribution < -0.4 is 10.6 Å². The molecule has 188 valence electrons. The van der Waals surface area contributed by atoms with E-state index in [2.05, 4.69) is 22.8 Å². The summed E-state index contributed by atoms with van der Waals surface area (Å²) in [6.07, 6.45) is -0.203. The van der Waals surface area contributed by atoms with Crippen molar-refractivity contribution in [3.05, 3.63) is 59.7 Å². The molecule has 0 aromatic heterocycles. The van der Waals surface area contributed by atoms with Crippen LogP contribution in [0.5, 0.6) is 0 Å². The van der Waals surface area contributed by atoms with E-state index in [0.717, 1.165) is 22.3 Å². The lowest BCUT2D eigenvalue weighted by molar-refractivity contribution is -0.145. The number of amides is 2. The molecule has 0 radical (unpaired) electrons. The molecule has 8 heteroatoms. The lowest BCUT2D eigenvalue weighted by Gasteiger charge is -2.24. The molecule has 0 fully saturated rings. The maximum absolute atomic E-state index is 12.5. The van der Waals surface area contributed by atoms with Crippen molar-refractivity contribution in [2.75, 3.05) is 13.2 Å². The topological polar surface area (TPSA) is 114 Å². The Kier molecular flexibility index (Phi) is 8.51. The van der Waals surface area contributed by atoms with Crippen molar-refractivity contribution in [1.29, 1.82) is 0 Å². The maximum atomic E-state index is 12.5. The molecule has 2 atom stereocenters. The lowest BCUT2D eigenvalue weighted by atomic mass is 9.98. The van der Waals surface area contributed by atoms with Gasteiger partial charge < -0.3 is 25.2 Å². The van der Waals surface area contributed by atoms with E-state index >= 15 is 0 Å². The molecule has 3 rings (SSSR count). The van der Waals surface area contributed by atoms with Gasteiger partial charge in [-0.05, 0) is 49.4 Å². The summed E-state index contributed by atoms with van der Waals surface area (Å²) in [4.78, 5) is 36.5. The van der Waals surface area contributed by atoms with Crippen LogP contribution in [0.25, 0.3) is 11.1 Å². The van der Waals surface area contributed by atoms with Crippen molar-refractivity contribution < 1.29 is 29.0 Å². The molecule has 1 aliphatic rings. The van der Waals surface area contributed by atoms with Crippen molar-refractivity contribution in [1.82, 2.24) is 10.6 Å². The number of carboxylic acids is 1. The molecule has 1 unspecified atom stereocenters. The molecule has 8 nitrogen and oxygen atoms in total. The summed E-state index contributed by atoms with van der Waals surface area (Å²) in [6, 6.07) is 14.5. The van der Waals surface area contributed by atoms with Crippen LogP contribution in [0.4, 0.5) is 4.79 Å². The number of aliphatic carboxylic acids is 1. The standard InChI is InChI=1S/C27H34N2O6/c1-5-17(14-24(30)29-23(25(31)32)16-35-27(2,3)4)28-26(33)34-15-22-20-12-8-6-10-18(20)19-11-7-9-13-21(19)22/h6-13,17,22-23H,5,14-16H2,1-4H3,(H,28,33)(H,29,30)(H,31,32)/t17?,23-/m0/s1. The maximum Gasteiger partial charge on any atom is 0.407 e. The van der Waals surface area contributed by atoms with E-state index < -0.39 is 35.7 Å². The van der Waals surface area contributed by atoms with Crippen molar-refractivity contribution in [2.24, 2.45) is 0 Å². The predicted molar refractivity (Wildman–Crippen MR) is 132 cm³/mol. The first-order chi connectivity index (χ1) is 16.6. The number of rotatable bonds is 10. The number of carboxylic acid groups (broad SMARTS) is 1. The van der Waals surface area contributed by atoms with Crippen LogP contribution in [0.1, 0.15) is 57.6 Å². The minimum atomic E-state index is -1.18. The van der Waals surface area contributed by atoms with E-state index in [9.17, 15) is 19.5 Å².